The highest BCUT2D eigenvalue weighted by Crippen LogP contribution is 2.26. The topological polar surface area (TPSA) is 63.2 Å². The van der Waals surface area contributed by atoms with Gasteiger partial charge in [-0.15, -0.1) is 0 Å². The van der Waals surface area contributed by atoms with Gasteiger partial charge >= 0.3 is 0 Å². The van der Waals surface area contributed by atoms with Gasteiger partial charge in [-0.25, -0.2) is 18.4 Å². The minimum Gasteiger partial charge on any atom is -0.356 e. The second-order valence-electron chi connectivity index (χ2n) is 4.19. The lowest BCUT2D eigenvalue weighted by molar-refractivity contribution is 0.530. The minimum atomic E-state index is -2.81. The zero-order chi connectivity index (χ0) is 12.5. The maximum absolute atomic E-state index is 11.4. The van der Waals surface area contributed by atoms with Crippen molar-refractivity contribution >= 4 is 31.6 Å². The third-order valence-electron chi connectivity index (χ3n) is 3.05. The Morgan fingerprint density at radius 2 is 2.06 bits per heavy atom. The monoisotopic (exact) mass is 319 g/mol. The average molecular weight is 320 g/mol. The van der Waals surface area contributed by atoms with Crippen LogP contribution in [0.15, 0.2) is 17.0 Å². The molecule has 1 aromatic rings. The van der Waals surface area contributed by atoms with Crippen LogP contribution >= 0.6 is 15.9 Å². The fourth-order valence-electron chi connectivity index (χ4n) is 2.00. The van der Waals surface area contributed by atoms with Gasteiger partial charge in [0.2, 0.25) is 0 Å². The predicted octanol–water partition coefficient (Wildman–Crippen LogP) is 1.25. The van der Waals surface area contributed by atoms with Gasteiger partial charge in [0.05, 0.1) is 16.0 Å². The molecule has 0 spiro atoms. The fraction of sp³-hybridized carbons (Fsp3) is 0.600. The molecule has 0 amide bonds. The van der Waals surface area contributed by atoms with Crippen molar-refractivity contribution < 1.29 is 8.42 Å². The average Bonchev–Trinajstić information content (AvgIpc) is 2.29. The number of sulfone groups is 1. The van der Waals surface area contributed by atoms with Crippen LogP contribution in [0.3, 0.4) is 0 Å². The first-order valence-electron chi connectivity index (χ1n) is 5.38. The van der Waals surface area contributed by atoms with E-state index in [1.807, 2.05) is 11.9 Å². The van der Waals surface area contributed by atoms with Gasteiger partial charge in [-0.2, -0.15) is 0 Å². The zero-order valence-electron chi connectivity index (χ0n) is 9.50. The summed E-state index contributed by atoms with van der Waals surface area (Å²) >= 11 is 3.40. The van der Waals surface area contributed by atoms with Crippen LogP contribution in [0, 0.1) is 0 Å². The molecule has 0 atom stereocenters. The van der Waals surface area contributed by atoms with Crippen molar-refractivity contribution in [3.63, 3.8) is 0 Å². The van der Waals surface area contributed by atoms with Crippen LogP contribution in [0.4, 0.5) is 5.82 Å². The van der Waals surface area contributed by atoms with E-state index in [0.29, 0.717) is 12.8 Å². The molecule has 17 heavy (non-hydrogen) atoms. The van der Waals surface area contributed by atoms with Gasteiger partial charge in [-0.1, -0.05) is 0 Å². The highest BCUT2D eigenvalue weighted by Gasteiger charge is 2.27. The number of halogens is 1. The lowest BCUT2D eigenvalue weighted by Crippen LogP contribution is -2.39. The lowest BCUT2D eigenvalue weighted by Gasteiger charge is -2.32. The number of anilines is 1. The highest BCUT2D eigenvalue weighted by atomic mass is 79.9. The third kappa shape index (κ3) is 2.95. The summed E-state index contributed by atoms with van der Waals surface area (Å²) in [7, 11) is -0.872. The molecule has 0 aromatic carbocycles. The molecule has 2 heterocycles. The standard InChI is InChI=1S/C10H14BrN3O2S/c1-14(10-9(11)6-12-7-13-10)8-2-4-17(15,16)5-3-8/h6-8H,2-5H2,1H3. The first-order chi connectivity index (χ1) is 7.99. The second-order valence-corrected chi connectivity index (χ2v) is 7.35. The van der Waals surface area contributed by atoms with Crippen LogP contribution in [0.5, 0.6) is 0 Å². The highest BCUT2D eigenvalue weighted by molar-refractivity contribution is 9.10. The molecule has 2 rings (SSSR count). The molecule has 1 saturated heterocycles. The lowest BCUT2D eigenvalue weighted by atomic mass is 10.1. The Labute approximate surface area is 109 Å². The van der Waals surface area contributed by atoms with Gasteiger partial charge in [0.1, 0.15) is 22.0 Å². The summed E-state index contributed by atoms with van der Waals surface area (Å²) in [4.78, 5) is 10.2. The molecule has 94 valence electrons. The molecule has 1 aromatic heterocycles. The van der Waals surface area contributed by atoms with Gasteiger partial charge in [-0.05, 0) is 28.8 Å². The molecule has 0 bridgehead atoms. The Bertz CT molecular complexity index is 492. The first-order valence-corrected chi connectivity index (χ1v) is 8.00. The number of hydrogen-bond donors (Lipinski definition) is 0. The summed E-state index contributed by atoms with van der Waals surface area (Å²) in [6.07, 6.45) is 4.51. The van der Waals surface area contributed by atoms with Crippen LogP contribution in [0.2, 0.25) is 0 Å². The van der Waals surface area contributed by atoms with E-state index in [1.165, 1.54) is 6.33 Å². The normalized spacial score (nSPS) is 20.1. The van der Waals surface area contributed by atoms with Gasteiger partial charge in [0.15, 0.2) is 0 Å². The number of rotatable bonds is 2. The van der Waals surface area contributed by atoms with E-state index in [9.17, 15) is 8.42 Å². The molecule has 1 fully saturated rings. The molecule has 0 unspecified atom stereocenters. The van der Waals surface area contributed by atoms with Gasteiger partial charge < -0.3 is 4.90 Å². The van der Waals surface area contributed by atoms with Crippen molar-refractivity contribution in [2.45, 2.75) is 18.9 Å². The van der Waals surface area contributed by atoms with E-state index in [1.54, 1.807) is 6.20 Å². The summed E-state index contributed by atoms with van der Waals surface area (Å²) in [5, 5.41) is 0. The zero-order valence-corrected chi connectivity index (χ0v) is 11.9. The Kier molecular flexibility index (Phi) is 3.67. The van der Waals surface area contributed by atoms with Gasteiger partial charge in [0.25, 0.3) is 0 Å². The van der Waals surface area contributed by atoms with E-state index in [0.717, 1.165) is 10.3 Å². The van der Waals surface area contributed by atoms with E-state index >= 15 is 0 Å². The van der Waals surface area contributed by atoms with E-state index in [2.05, 4.69) is 25.9 Å². The quantitative estimate of drug-likeness (QED) is 0.821. The SMILES string of the molecule is CN(c1ncncc1Br)C1CCS(=O)(=O)CC1. The van der Waals surface area contributed by atoms with E-state index in [-0.39, 0.29) is 17.5 Å². The second kappa shape index (κ2) is 4.89. The van der Waals surface area contributed by atoms with Crippen molar-refractivity contribution in [3.05, 3.63) is 17.0 Å². The summed E-state index contributed by atoms with van der Waals surface area (Å²) < 4.78 is 23.6. The van der Waals surface area contributed by atoms with Crippen molar-refractivity contribution in [1.29, 1.82) is 0 Å². The van der Waals surface area contributed by atoms with Crippen molar-refractivity contribution in [2.75, 3.05) is 23.5 Å². The summed E-state index contributed by atoms with van der Waals surface area (Å²) in [6, 6.07) is 0.227. The van der Waals surface area contributed by atoms with Crippen LogP contribution in [-0.4, -0.2) is 43.0 Å². The molecule has 0 N–H and O–H groups in total. The van der Waals surface area contributed by atoms with Crippen molar-refractivity contribution in [2.24, 2.45) is 0 Å². The van der Waals surface area contributed by atoms with E-state index < -0.39 is 9.84 Å². The largest absolute Gasteiger partial charge is 0.356 e. The van der Waals surface area contributed by atoms with Crippen molar-refractivity contribution in [3.8, 4) is 0 Å². The Morgan fingerprint density at radius 3 is 2.65 bits per heavy atom. The summed E-state index contributed by atoms with van der Waals surface area (Å²) in [5.74, 6) is 1.35. The van der Waals surface area contributed by atoms with Crippen molar-refractivity contribution in [1.82, 2.24) is 9.97 Å². The summed E-state index contributed by atoms with van der Waals surface area (Å²) in [6.45, 7) is 0. The Morgan fingerprint density at radius 1 is 1.41 bits per heavy atom. The van der Waals surface area contributed by atoms with Crippen LogP contribution in [-0.2, 0) is 9.84 Å². The molecule has 1 aliphatic rings. The number of nitrogens with zero attached hydrogens (tertiary/aromatic N) is 3. The Balaban J connectivity index is 2.12. The third-order valence-corrected chi connectivity index (χ3v) is 5.33. The predicted molar refractivity (Wildman–Crippen MR) is 69.8 cm³/mol. The molecule has 0 radical (unpaired) electrons. The van der Waals surface area contributed by atoms with Crippen LogP contribution in [0.25, 0.3) is 0 Å². The number of aromatic nitrogens is 2. The minimum absolute atomic E-state index is 0.227. The smallest absolute Gasteiger partial charge is 0.150 e. The first kappa shape index (κ1) is 12.8. The maximum atomic E-state index is 11.4. The molecule has 0 saturated carbocycles. The molecule has 5 nitrogen and oxygen atoms in total. The maximum Gasteiger partial charge on any atom is 0.150 e. The van der Waals surface area contributed by atoms with Gasteiger partial charge in [0, 0.05) is 19.3 Å². The summed E-state index contributed by atoms with van der Waals surface area (Å²) in [5.41, 5.74) is 0. The molecular weight excluding hydrogens is 306 g/mol. The van der Waals surface area contributed by atoms with Crippen LogP contribution < -0.4 is 4.90 Å². The number of hydrogen-bond acceptors (Lipinski definition) is 5. The van der Waals surface area contributed by atoms with Gasteiger partial charge in [-0.3, -0.25) is 0 Å². The fourth-order valence-corrected chi connectivity index (χ4v) is 3.97. The molecule has 1 aliphatic heterocycles. The molecular formula is C10H14BrN3O2S. The van der Waals surface area contributed by atoms with Crippen LogP contribution in [0.1, 0.15) is 12.8 Å². The van der Waals surface area contributed by atoms with E-state index in [4.69, 9.17) is 0 Å². The Hall–Kier alpha value is -0.690. The molecule has 0 aliphatic carbocycles. The molecule has 7 heteroatoms.